The van der Waals surface area contributed by atoms with E-state index in [1.165, 1.54) is 5.56 Å². The van der Waals surface area contributed by atoms with Crippen LogP contribution in [-0.4, -0.2) is 42.0 Å². The third kappa shape index (κ3) is 7.32. The van der Waals surface area contributed by atoms with Crippen LogP contribution in [-0.2, 0) is 19.7 Å². The van der Waals surface area contributed by atoms with Crippen LogP contribution < -0.4 is 15.4 Å². The molecule has 4 rings (SSSR count). The van der Waals surface area contributed by atoms with Crippen LogP contribution >= 0.6 is 0 Å². The van der Waals surface area contributed by atoms with Crippen LogP contribution in [0.3, 0.4) is 0 Å². The summed E-state index contributed by atoms with van der Waals surface area (Å²) in [5.74, 6) is 1.69. The van der Waals surface area contributed by atoms with Crippen molar-refractivity contribution in [3.8, 4) is 5.75 Å². The Hall–Kier alpha value is -3.38. The molecule has 0 amide bonds. The maximum absolute atomic E-state index is 5.90. The number of pyridine rings is 1. The topological polar surface area (TPSA) is 61.8 Å². The molecule has 1 aliphatic heterocycles. The lowest BCUT2D eigenvalue weighted by Crippen LogP contribution is -2.48. The van der Waals surface area contributed by atoms with Gasteiger partial charge in [-0.15, -0.1) is 0 Å². The summed E-state index contributed by atoms with van der Waals surface area (Å²) < 4.78 is 5.90. The first-order chi connectivity index (χ1) is 16.3. The van der Waals surface area contributed by atoms with E-state index in [4.69, 9.17) is 4.74 Å². The second kappa shape index (κ2) is 12.0. The number of rotatable bonds is 8. The zero-order valence-corrected chi connectivity index (χ0v) is 19.3. The van der Waals surface area contributed by atoms with Crippen LogP contribution in [0.1, 0.15) is 29.7 Å². The Morgan fingerprint density at radius 1 is 1.00 bits per heavy atom. The molecule has 2 N–H and O–H groups in total. The van der Waals surface area contributed by atoms with Crippen LogP contribution in [0.5, 0.6) is 5.75 Å². The van der Waals surface area contributed by atoms with Gasteiger partial charge in [0.15, 0.2) is 5.96 Å². The average molecular weight is 444 g/mol. The molecule has 2 aromatic carbocycles. The molecule has 1 aliphatic rings. The van der Waals surface area contributed by atoms with Crippen LogP contribution in [0.2, 0.25) is 0 Å². The molecular formula is C27H33N5O. The molecule has 1 saturated heterocycles. The summed E-state index contributed by atoms with van der Waals surface area (Å²) in [6.07, 6.45) is 4.01. The quantitative estimate of drug-likeness (QED) is 0.407. The molecule has 172 valence electrons. The third-order valence-electron chi connectivity index (χ3n) is 5.87. The molecule has 33 heavy (non-hydrogen) atoms. The van der Waals surface area contributed by atoms with Crippen molar-refractivity contribution in [2.75, 3.05) is 20.1 Å². The number of likely N-dealkylation sites (tertiary alicyclic amines) is 1. The summed E-state index contributed by atoms with van der Waals surface area (Å²) in [6, 6.07) is 25.1. The van der Waals surface area contributed by atoms with Crippen LogP contribution in [0, 0.1) is 0 Å². The van der Waals surface area contributed by atoms with E-state index < -0.39 is 0 Å². The first kappa shape index (κ1) is 22.8. The fraction of sp³-hybridized carbons (Fsp3) is 0.333. The Morgan fingerprint density at radius 2 is 1.79 bits per heavy atom. The van der Waals surface area contributed by atoms with Crippen LogP contribution in [0.4, 0.5) is 0 Å². The van der Waals surface area contributed by atoms with E-state index in [1.807, 2.05) is 37.4 Å². The molecule has 6 nitrogen and oxygen atoms in total. The monoisotopic (exact) mass is 443 g/mol. The fourth-order valence-corrected chi connectivity index (χ4v) is 4.04. The number of aliphatic imine (C=N–C) groups is 1. The van der Waals surface area contributed by atoms with E-state index in [2.05, 4.69) is 68.0 Å². The fourth-order valence-electron chi connectivity index (χ4n) is 4.04. The minimum atomic E-state index is 0.441. The minimum absolute atomic E-state index is 0.441. The number of piperidine rings is 1. The van der Waals surface area contributed by atoms with Crippen molar-refractivity contribution in [3.63, 3.8) is 0 Å². The molecular weight excluding hydrogens is 410 g/mol. The lowest BCUT2D eigenvalue weighted by molar-refractivity contribution is 0.198. The predicted octanol–water partition coefficient (Wildman–Crippen LogP) is 3.99. The predicted molar refractivity (Wildman–Crippen MR) is 133 cm³/mol. The molecule has 2 heterocycles. The van der Waals surface area contributed by atoms with E-state index in [1.54, 1.807) is 6.20 Å². The highest BCUT2D eigenvalue weighted by Crippen LogP contribution is 2.16. The maximum Gasteiger partial charge on any atom is 0.191 e. The van der Waals surface area contributed by atoms with Gasteiger partial charge in [-0.1, -0.05) is 48.5 Å². The number of ether oxygens (including phenoxy) is 1. The Morgan fingerprint density at radius 3 is 2.55 bits per heavy atom. The van der Waals surface area contributed by atoms with Gasteiger partial charge in [0.25, 0.3) is 0 Å². The first-order valence-electron chi connectivity index (χ1n) is 11.6. The first-order valence-corrected chi connectivity index (χ1v) is 11.6. The van der Waals surface area contributed by atoms with Gasteiger partial charge in [-0.05, 0) is 48.2 Å². The molecule has 0 radical (unpaired) electrons. The minimum Gasteiger partial charge on any atom is -0.487 e. The van der Waals surface area contributed by atoms with E-state index in [-0.39, 0.29) is 0 Å². The van der Waals surface area contributed by atoms with Crippen molar-refractivity contribution in [1.82, 2.24) is 20.5 Å². The van der Waals surface area contributed by atoms with Crippen molar-refractivity contribution in [1.29, 1.82) is 0 Å². The zero-order chi connectivity index (χ0) is 22.7. The number of nitrogens with zero attached hydrogens (tertiary/aromatic N) is 3. The van der Waals surface area contributed by atoms with Crippen molar-refractivity contribution < 1.29 is 4.74 Å². The van der Waals surface area contributed by atoms with E-state index in [9.17, 15) is 0 Å². The largest absolute Gasteiger partial charge is 0.487 e. The highest BCUT2D eigenvalue weighted by Gasteiger charge is 2.20. The van der Waals surface area contributed by atoms with Gasteiger partial charge in [-0.2, -0.15) is 0 Å². The summed E-state index contributed by atoms with van der Waals surface area (Å²) in [5, 5.41) is 7.04. The number of nitrogens with one attached hydrogen (secondary N) is 2. The third-order valence-corrected chi connectivity index (χ3v) is 5.87. The normalized spacial score (nSPS) is 15.2. The van der Waals surface area contributed by atoms with Crippen molar-refractivity contribution in [2.24, 2.45) is 4.99 Å². The average Bonchev–Trinajstić information content (AvgIpc) is 2.88. The van der Waals surface area contributed by atoms with Gasteiger partial charge in [0.05, 0.1) is 5.69 Å². The van der Waals surface area contributed by atoms with Gasteiger partial charge in [0, 0.05) is 45.5 Å². The molecule has 1 fully saturated rings. The molecule has 1 aromatic heterocycles. The van der Waals surface area contributed by atoms with E-state index >= 15 is 0 Å². The van der Waals surface area contributed by atoms with E-state index in [0.29, 0.717) is 19.2 Å². The number of hydrogen-bond donors (Lipinski definition) is 2. The lowest BCUT2D eigenvalue weighted by atomic mass is 10.0. The molecule has 0 unspecified atom stereocenters. The smallest absolute Gasteiger partial charge is 0.191 e. The Bertz CT molecular complexity index is 1000. The summed E-state index contributed by atoms with van der Waals surface area (Å²) >= 11 is 0. The van der Waals surface area contributed by atoms with Gasteiger partial charge in [0.2, 0.25) is 0 Å². The summed E-state index contributed by atoms with van der Waals surface area (Å²) in [6.45, 7) is 4.37. The van der Waals surface area contributed by atoms with E-state index in [0.717, 1.165) is 55.4 Å². The lowest BCUT2D eigenvalue weighted by Gasteiger charge is -2.33. The number of hydrogen-bond acceptors (Lipinski definition) is 4. The maximum atomic E-state index is 5.90. The second-order valence-electron chi connectivity index (χ2n) is 8.36. The Labute approximate surface area is 196 Å². The number of benzene rings is 2. The van der Waals surface area contributed by atoms with Crippen molar-refractivity contribution >= 4 is 5.96 Å². The number of aromatic nitrogens is 1. The molecule has 6 heteroatoms. The summed E-state index contributed by atoms with van der Waals surface area (Å²) in [7, 11) is 1.83. The van der Waals surface area contributed by atoms with Crippen molar-refractivity contribution in [2.45, 2.75) is 38.6 Å². The highest BCUT2D eigenvalue weighted by molar-refractivity contribution is 5.80. The SMILES string of the molecule is CN=C(NCc1cccc(OCc2ccccn2)c1)NC1CCN(Cc2ccccc2)CC1. The molecule has 0 aliphatic carbocycles. The second-order valence-corrected chi connectivity index (χ2v) is 8.36. The molecule has 0 saturated carbocycles. The van der Waals surface area contributed by atoms with Gasteiger partial charge in [-0.25, -0.2) is 0 Å². The van der Waals surface area contributed by atoms with Crippen molar-refractivity contribution in [3.05, 3.63) is 95.8 Å². The standard InChI is InChI=1S/C27H33N5O/c1-28-27(31-24-13-16-32(17-14-24)20-22-8-3-2-4-9-22)30-19-23-10-7-12-26(18-23)33-21-25-11-5-6-15-29-25/h2-12,15,18,24H,13-14,16-17,19-21H2,1H3,(H2,28,30,31). The van der Waals surface area contributed by atoms with Gasteiger partial charge < -0.3 is 15.4 Å². The molecule has 3 aromatic rings. The molecule has 0 bridgehead atoms. The molecule has 0 atom stereocenters. The van der Waals surface area contributed by atoms with Crippen LogP contribution in [0.25, 0.3) is 0 Å². The summed E-state index contributed by atoms with van der Waals surface area (Å²) in [4.78, 5) is 11.3. The highest BCUT2D eigenvalue weighted by atomic mass is 16.5. The van der Waals surface area contributed by atoms with Gasteiger partial charge >= 0.3 is 0 Å². The number of guanidine groups is 1. The van der Waals surface area contributed by atoms with Gasteiger partial charge in [-0.3, -0.25) is 14.9 Å². The molecule has 0 spiro atoms. The summed E-state index contributed by atoms with van der Waals surface area (Å²) in [5.41, 5.74) is 3.45. The Balaban J connectivity index is 1.20. The van der Waals surface area contributed by atoms with Crippen LogP contribution in [0.15, 0.2) is 84.0 Å². The Kier molecular flexibility index (Phi) is 8.30. The zero-order valence-electron chi connectivity index (χ0n) is 19.3. The van der Waals surface area contributed by atoms with Gasteiger partial charge in [0.1, 0.15) is 12.4 Å².